The minimum absolute atomic E-state index is 0.289. The van der Waals surface area contributed by atoms with Crippen molar-refractivity contribution >= 4 is 23.3 Å². The van der Waals surface area contributed by atoms with Gasteiger partial charge in [-0.25, -0.2) is 4.79 Å². The Kier molecular flexibility index (Phi) is 2.06. The standard InChI is InChI=1S/C10H7ClN2O/c1-2-8-7-5-6(11)3-4-9(7)13-10(14)12-8/h1,3-5,8H,(H2,12,13,14)/t8-/m1/s1. The lowest BCUT2D eigenvalue weighted by atomic mass is 10.0. The maximum Gasteiger partial charge on any atom is 0.320 e. The number of carbonyl (C=O) groups is 1. The van der Waals surface area contributed by atoms with E-state index in [1.54, 1.807) is 18.2 Å². The number of fused-ring (bicyclic) bond motifs is 1. The Morgan fingerprint density at radius 3 is 3.00 bits per heavy atom. The molecule has 0 saturated carbocycles. The van der Waals surface area contributed by atoms with Crippen LogP contribution in [0.1, 0.15) is 11.6 Å². The molecule has 0 saturated heterocycles. The van der Waals surface area contributed by atoms with E-state index in [9.17, 15) is 4.79 Å². The summed E-state index contributed by atoms with van der Waals surface area (Å²) < 4.78 is 0. The summed E-state index contributed by atoms with van der Waals surface area (Å²) in [6.45, 7) is 0. The molecule has 4 heteroatoms. The molecule has 2 rings (SSSR count). The summed E-state index contributed by atoms with van der Waals surface area (Å²) in [6, 6.07) is 4.49. The van der Waals surface area contributed by atoms with Gasteiger partial charge in [0.2, 0.25) is 0 Å². The van der Waals surface area contributed by atoms with E-state index in [1.807, 2.05) is 0 Å². The molecule has 14 heavy (non-hydrogen) atoms. The van der Waals surface area contributed by atoms with Crippen molar-refractivity contribution in [2.24, 2.45) is 0 Å². The Morgan fingerprint density at radius 2 is 2.29 bits per heavy atom. The average molecular weight is 207 g/mol. The first-order chi connectivity index (χ1) is 6.70. The van der Waals surface area contributed by atoms with Crippen LogP contribution in [0.4, 0.5) is 10.5 Å². The summed E-state index contributed by atoms with van der Waals surface area (Å²) >= 11 is 5.83. The predicted molar refractivity (Wildman–Crippen MR) is 55.2 cm³/mol. The van der Waals surface area contributed by atoms with E-state index in [0.29, 0.717) is 10.7 Å². The van der Waals surface area contributed by atoms with Crippen LogP contribution in [-0.4, -0.2) is 6.03 Å². The number of carbonyl (C=O) groups excluding carboxylic acids is 1. The molecule has 0 bridgehead atoms. The van der Waals surface area contributed by atoms with Crippen LogP contribution in [0.25, 0.3) is 0 Å². The van der Waals surface area contributed by atoms with Gasteiger partial charge in [-0.3, -0.25) is 0 Å². The lowest BCUT2D eigenvalue weighted by Gasteiger charge is -2.23. The summed E-state index contributed by atoms with van der Waals surface area (Å²) in [6.07, 6.45) is 5.29. The summed E-state index contributed by atoms with van der Waals surface area (Å²) in [5.41, 5.74) is 1.53. The Bertz CT molecular complexity index is 436. The fourth-order valence-corrected chi connectivity index (χ4v) is 1.57. The molecular formula is C10H7ClN2O. The zero-order valence-corrected chi connectivity index (χ0v) is 7.93. The molecule has 1 aromatic rings. The number of hydrogen-bond acceptors (Lipinski definition) is 1. The monoisotopic (exact) mass is 206 g/mol. The van der Waals surface area contributed by atoms with Gasteiger partial charge in [0.25, 0.3) is 0 Å². The molecule has 70 valence electrons. The van der Waals surface area contributed by atoms with E-state index in [2.05, 4.69) is 16.6 Å². The van der Waals surface area contributed by atoms with Gasteiger partial charge in [-0.1, -0.05) is 17.5 Å². The van der Waals surface area contributed by atoms with Crippen LogP contribution in [0.3, 0.4) is 0 Å². The molecule has 2 N–H and O–H groups in total. The van der Waals surface area contributed by atoms with E-state index in [1.165, 1.54) is 0 Å². The normalized spacial score (nSPS) is 18.9. The molecule has 0 spiro atoms. The largest absolute Gasteiger partial charge is 0.320 e. The lowest BCUT2D eigenvalue weighted by molar-refractivity contribution is 0.249. The van der Waals surface area contributed by atoms with Crippen LogP contribution in [0.15, 0.2) is 18.2 Å². The third-order valence-electron chi connectivity index (χ3n) is 2.01. The number of urea groups is 1. The Balaban J connectivity index is 2.53. The van der Waals surface area contributed by atoms with Crippen LogP contribution in [0.5, 0.6) is 0 Å². The van der Waals surface area contributed by atoms with Crippen LogP contribution >= 0.6 is 11.6 Å². The van der Waals surface area contributed by atoms with Crippen molar-refractivity contribution in [3.63, 3.8) is 0 Å². The summed E-state index contributed by atoms with van der Waals surface area (Å²) in [5.74, 6) is 2.49. The molecule has 1 aliphatic heterocycles. The molecule has 3 nitrogen and oxygen atoms in total. The van der Waals surface area contributed by atoms with E-state index in [0.717, 1.165) is 5.56 Å². The third kappa shape index (κ3) is 1.40. The summed E-state index contributed by atoms with van der Waals surface area (Å²) in [4.78, 5) is 11.1. The topological polar surface area (TPSA) is 41.1 Å². The molecule has 0 aliphatic carbocycles. The molecule has 1 heterocycles. The van der Waals surface area contributed by atoms with Crippen molar-refractivity contribution in [3.05, 3.63) is 28.8 Å². The number of rotatable bonds is 0. The number of halogens is 1. The number of amides is 2. The third-order valence-corrected chi connectivity index (χ3v) is 2.25. The smallest absolute Gasteiger partial charge is 0.320 e. The first-order valence-corrected chi connectivity index (χ1v) is 4.41. The Labute approximate surface area is 86.4 Å². The van der Waals surface area contributed by atoms with Crippen LogP contribution in [-0.2, 0) is 0 Å². The van der Waals surface area contributed by atoms with Crippen LogP contribution in [0, 0.1) is 12.3 Å². The molecule has 1 atom stereocenters. The predicted octanol–water partition coefficient (Wildman–Crippen LogP) is 2.15. The van der Waals surface area contributed by atoms with Gasteiger partial charge >= 0.3 is 6.03 Å². The second-order valence-corrected chi connectivity index (χ2v) is 3.37. The fourth-order valence-electron chi connectivity index (χ4n) is 1.38. The number of terminal acetylenes is 1. The highest BCUT2D eigenvalue weighted by atomic mass is 35.5. The molecule has 1 aromatic carbocycles. The van der Waals surface area contributed by atoms with Crippen molar-refractivity contribution in [1.82, 2.24) is 5.32 Å². The van der Waals surface area contributed by atoms with Gasteiger partial charge in [0.15, 0.2) is 0 Å². The first-order valence-electron chi connectivity index (χ1n) is 4.04. The van der Waals surface area contributed by atoms with Gasteiger partial charge in [-0.15, -0.1) is 6.42 Å². The molecule has 1 aliphatic rings. The van der Waals surface area contributed by atoms with E-state index >= 15 is 0 Å². The zero-order chi connectivity index (χ0) is 10.1. The Morgan fingerprint density at radius 1 is 1.50 bits per heavy atom. The average Bonchev–Trinajstić information content (AvgIpc) is 2.17. The highest BCUT2D eigenvalue weighted by Gasteiger charge is 2.22. The van der Waals surface area contributed by atoms with Gasteiger partial charge in [0.1, 0.15) is 6.04 Å². The van der Waals surface area contributed by atoms with E-state index in [4.69, 9.17) is 18.0 Å². The van der Waals surface area contributed by atoms with Gasteiger partial charge in [-0.2, -0.15) is 0 Å². The molecule has 0 fully saturated rings. The highest BCUT2D eigenvalue weighted by molar-refractivity contribution is 6.30. The van der Waals surface area contributed by atoms with Gasteiger partial charge in [0, 0.05) is 16.3 Å². The second-order valence-electron chi connectivity index (χ2n) is 2.93. The van der Waals surface area contributed by atoms with Crippen molar-refractivity contribution in [1.29, 1.82) is 0 Å². The highest BCUT2D eigenvalue weighted by Crippen LogP contribution is 2.28. The van der Waals surface area contributed by atoms with Crippen LogP contribution in [0.2, 0.25) is 5.02 Å². The molecule has 0 radical (unpaired) electrons. The number of benzene rings is 1. The minimum atomic E-state index is -0.405. The molecular weight excluding hydrogens is 200 g/mol. The Hall–Kier alpha value is -1.66. The van der Waals surface area contributed by atoms with Crippen molar-refractivity contribution in [3.8, 4) is 12.3 Å². The first kappa shape index (κ1) is 8.92. The molecule has 0 aromatic heterocycles. The maximum absolute atomic E-state index is 11.1. The quantitative estimate of drug-likeness (QED) is 0.628. The second kappa shape index (κ2) is 3.24. The zero-order valence-electron chi connectivity index (χ0n) is 7.17. The van der Waals surface area contributed by atoms with Gasteiger partial charge in [0.05, 0.1) is 0 Å². The van der Waals surface area contributed by atoms with Crippen molar-refractivity contribution < 1.29 is 4.79 Å². The number of hydrogen-bond donors (Lipinski definition) is 2. The molecule has 0 unspecified atom stereocenters. The minimum Gasteiger partial charge on any atom is -0.320 e. The van der Waals surface area contributed by atoms with Crippen molar-refractivity contribution in [2.75, 3.05) is 5.32 Å². The number of nitrogens with one attached hydrogen (secondary N) is 2. The SMILES string of the molecule is C#C[C@H]1NC(=O)Nc2ccc(Cl)cc21. The summed E-state index contributed by atoms with van der Waals surface area (Å²) in [7, 11) is 0. The van der Waals surface area contributed by atoms with E-state index in [-0.39, 0.29) is 6.03 Å². The number of anilines is 1. The van der Waals surface area contributed by atoms with Crippen molar-refractivity contribution in [2.45, 2.75) is 6.04 Å². The van der Waals surface area contributed by atoms with E-state index < -0.39 is 6.04 Å². The maximum atomic E-state index is 11.1. The fraction of sp³-hybridized carbons (Fsp3) is 0.100. The summed E-state index contributed by atoms with van der Waals surface area (Å²) in [5, 5.41) is 5.85. The van der Waals surface area contributed by atoms with Gasteiger partial charge < -0.3 is 10.6 Å². The van der Waals surface area contributed by atoms with Crippen LogP contribution < -0.4 is 10.6 Å². The lowest BCUT2D eigenvalue weighted by Crippen LogP contribution is -2.36. The molecule has 2 amide bonds. The van der Waals surface area contributed by atoms with Gasteiger partial charge in [-0.05, 0) is 18.2 Å².